The summed E-state index contributed by atoms with van der Waals surface area (Å²) >= 11 is 0. The van der Waals surface area contributed by atoms with Crippen molar-refractivity contribution in [3.8, 4) is 0 Å². The molecule has 1 aromatic heterocycles. The fourth-order valence-corrected chi connectivity index (χ4v) is 3.04. The Balaban J connectivity index is 1.69. The number of hydrogen-bond acceptors (Lipinski definition) is 5. The topological polar surface area (TPSA) is 80.1 Å². The molecule has 2 unspecified atom stereocenters. The fourth-order valence-electron chi connectivity index (χ4n) is 3.04. The highest BCUT2D eigenvalue weighted by molar-refractivity contribution is 5.30. The van der Waals surface area contributed by atoms with Gasteiger partial charge in [0.15, 0.2) is 0 Å². The van der Waals surface area contributed by atoms with Gasteiger partial charge in [-0.25, -0.2) is 0 Å². The summed E-state index contributed by atoms with van der Waals surface area (Å²) in [6.45, 7) is 4.90. The van der Waals surface area contributed by atoms with Gasteiger partial charge in [0, 0.05) is 31.7 Å². The molecule has 3 rings (SSSR count). The highest BCUT2D eigenvalue weighted by atomic mass is 16.5. The maximum absolute atomic E-state index is 5.92. The van der Waals surface area contributed by atoms with Gasteiger partial charge in [-0.05, 0) is 25.7 Å². The van der Waals surface area contributed by atoms with Crippen LogP contribution in [0.4, 0.5) is 5.95 Å². The summed E-state index contributed by atoms with van der Waals surface area (Å²) < 4.78 is 5.72. The maximum atomic E-state index is 5.92. The normalized spacial score (nSPS) is 29.1. The van der Waals surface area contributed by atoms with Crippen molar-refractivity contribution in [2.24, 2.45) is 5.73 Å². The van der Waals surface area contributed by atoms with Gasteiger partial charge in [0.1, 0.15) is 5.82 Å². The van der Waals surface area contributed by atoms with Crippen molar-refractivity contribution in [3.05, 3.63) is 5.82 Å². The Bertz CT molecular complexity index is 413. The summed E-state index contributed by atoms with van der Waals surface area (Å²) in [4.78, 5) is 6.90. The number of aromatic amines is 1. The van der Waals surface area contributed by atoms with Crippen LogP contribution in [0.5, 0.6) is 0 Å². The van der Waals surface area contributed by atoms with Crippen molar-refractivity contribution in [1.29, 1.82) is 0 Å². The zero-order valence-corrected chi connectivity index (χ0v) is 11.5. The third-order valence-corrected chi connectivity index (χ3v) is 4.28. The molecule has 0 aliphatic carbocycles. The molecule has 2 saturated heterocycles. The third-order valence-electron chi connectivity index (χ3n) is 4.28. The molecule has 19 heavy (non-hydrogen) atoms. The maximum Gasteiger partial charge on any atom is 0.244 e. The van der Waals surface area contributed by atoms with E-state index in [9.17, 15) is 0 Å². The standard InChI is InChI=1S/C13H23N5O/c1-2-11-10(5-8-19-11)12-15-13(17-16-12)18-6-3-9(14)4-7-18/h9-11H,2-8,14H2,1H3,(H,15,16,17). The highest BCUT2D eigenvalue weighted by Gasteiger charge is 2.31. The van der Waals surface area contributed by atoms with E-state index in [1.54, 1.807) is 0 Å². The second kappa shape index (κ2) is 5.46. The van der Waals surface area contributed by atoms with Crippen molar-refractivity contribution >= 4 is 5.95 Å². The molecule has 2 atom stereocenters. The number of rotatable bonds is 3. The van der Waals surface area contributed by atoms with Crippen LogP contribution < -0.4 is 10.6 Å². The minimum Gasteiger partial charge on any atom is -0.377 e. The summed E-state index contributed by atoms with van der Waals surface area (Å²) in [6, 6.07) is 0.336. The average Bonchev–Trinajstić information content (AvgIpc) is 3.07. The molecule has 0 radical (unpaired) electrons. The number of hydrogen-bond donors (Lipinski definition) is 2. The van der Waals surface area contributed by atoms with Crippen LogP contribution >= 0.6 is 0 Å². The molecule has 0 spiro atoms. The zero-order valence-electron chi connectivity index (χ0n) is 11.5. The van der Waals surface area contributed by atoms with Gasteiger partial charge in [-0.15, -0.1) is 5.10 Å². The van der Waals surface area contributed by atoms with Crippen LogP contribution in [0.1, 0.15) is 44.3 Å². The number of nitrogens with one attached hydrogen (secondary N) is 1. The number of aromatic nitrogens is 3. The van der Waals surface area contributed by atoms with Crippen LogP contribution in [-0.4, -0.2) is 47.0 Å². The first kappa shape index (κ1) is 12.9. The van der Waals surface area contributed by atoms with E-state index in [0.717, 1.165) is 57.2 Å². The van der Waals surface area contributed by atoms with Crippen LogP contribution in [0.3, 0.4) is 0 Å². The van der Waals surface area contributed by atoms with E-state index in [0.29, 0.717) is 12.0 Å². The average molecular weight is 265 g/mol. The summed E-state index contributed by atoms with van der Waals surface area (Å²) in [5.41, 5.74) is 5.92. The Kier molecular flexibility index (Phi) is 3.70. The Morgan fingerprint density at radius 1 is 1.37 bits per heavy atom. The van der Waals surface area contributed by atoms with Crippen LogP contribution in [0.2, 0.25) is 0 Å². The number of ether oxygens (including phenoxy) is 1. The van der Waals surface area contributed by atoms with E-state index in [-0.39, 0.29) is 6.10 Å². The second-order valence-corrected chi connectivity index (χ2v) is 5.56. The second-order valence-electron chi connectivity index (χ2n) is 5.56. The molecule has 106 valence electrons. The lowest BCUT2D eigenvalue weighted by molar-refractivity contribution is 0.0995. The van der Waals surface area contributed by atoms with Crippen molar-refractivity contribution < 1.29 is 4.74 Å². The summed E-state index contributed by atoms with van der Waals surface area (Å²) in [5, 5.41) is 7.48. The molecular formula is C13H23N5O. The quantitative estimate of drug-likeness (QED) is 0.852. The molecule has 3 N–H and O–H groups in total. The predicted octanol–water partition coefficient (Wildman–Crippen LogP) is 1.01. The van der Waals surface area contributed by atoms with Crippen molar-refractivity contribution in [1.82, 2.24) is 15.2 Å². The van der Waals surface area contributed by atoms with Gasteiger partial charge in [0.25, 0.3) is 0 Å². The Labute approximate surface area is 113 Å². The van der Waals surface area contributed by atoms with E-state index in [2.05, 4.69) is 27.0 Å². The molecule has 0 amide bonds. The Morgan fingerprint density at radius 2 is 2.16 bits per heavy atom. The first-order chi connectivity index (χ1) is 9.28. The van der Waals surface area contributed by atoms with Gasteiger partial charge in [-0.1, -0.05) is 6.92 Å². The molecule has 3 heterocycles. The van der Waals surface area contributed by atoms with Gasteiger partial charge in [-0.3, -0.25) is 5.10 Å². The molecule has 2 aliphatic rings. The number of nitrogens with zero attached hydrogens (tertiary/aromatic N) is 3. The largest absolute Gasteiger partial charge is 0.377 e. The first-order valence-electron chi connectivity index (χ1n) is 7.32. The summed E-state index contributed by atoms with van der Waals surface area (Å²) in [6.07, 6.45) is 4.40. The van der Waals surface area contributed by atoms with Gasteiger partial charge in [-0.2, -0.15) is 4.98 Å². The minimum absolute atomic E-state index is 0.288. The smallest absolute Gasteiger partial charge is 0.244 e. The lowest BCUT2D eigenvalue weighted by atomic mass is 9.99. The lowest BCUT2D eigenvalue weighted by Crippen LogP contribution is -2.40. The Morgan fingerprint density at radius 3 is 2.89 bits per heavy atom. The van der Waals surface area contributed by atoms with E-state index < -0.39 is 0 Å². The molecule has 1 aromatic rings. The van der Waals surface area contributed by atoms with Gasteiger partial charge >= 0.3 is 0 Å². The number of piperidine rings is 1. The van der Waals surface area contributed by atoms with Crippen molar-refractivity contribution in [2.75, 3.05) is 24.6 Å². The third kappa shape index (κ3) is 2.60. The van der Waals surface area contributed by atoms with Crippen LogP contribution in [0.25, 0.3) is 0 Å². The number of anilines is 1. The van der Waals surface area contributed by atoms with Crippen molar-refractivity contribution in [3.63, 3.8) is 0 Å². The summed E-state index contributed by atoms with van der Waals surface area (Å²) in [5.74, 6) is 2.18. The molecule has 2 aliphatic heterocycles. The number of nitrogens with two attached hydrogens (primary N) is 1. The molecule has 6 heteroatoms. The molecular weight excluding hydrogens is 242 g/mol. The molecule has 0 bridgehead atoms. The first-order valence-corrected chi connectivity index (χ1v) is 7.32. The Hall–Kier alpha value is -1.14. The molecule has 6 nitrogen and oxygen atoms in total. The monoisotopic (exact) mass is 265 g/mol. The fraction of sp³-hybridized carbons (Fsp3) is 0.846. The van der Waals surface area contributed by atoms with Crippen molar-refractivity contribution in [2.45, 2.75) is 50.7 Å². The van der Waals surface area contributed by atoms with Crippen LogP contribution in [0.15, 0.2) is 0 Å². The van der Waals surface area contributed by atoms with Crippen LogP contribution in [-0.2, 0) is 4.74 Å². The van der Waals surface area contributed by atoms with E-state index in [1.165, 1.54) is 0 Å². The van der Waals surface area contributed by atoms with E-state index in [1.807, 2.05) is 0 Å². The molecule has 0 aromatic carbocycles. The molecule has 0 saturated carbocycles. The van der Waals surface area contributed by atoms with Crippen LogP contribution in [0, 0.1) is 0 Å². The van der Waals surface area contributed by atoms with Gasteiger partial charge < -0.3 is 15.4 Å². The van der Waals surface area contributed by atoms with E-state index >= 15 is 0 Å². The van der Waals surface area contributed by atoms with Gasteiger partial charge in [0.2, 0.25) is 5.95 Å². The summed E-state index contributed by atoms with van der Waals surface area (Å²) in [7, 11) is 0. The SMILES string of the molecule is CCC1OCCC1c1nc(N2CCC(N)CC2)n[nH]1. The van der Waals surface area contributed by atoms with Gasteiger partial charge in [0.05, 0.1) is 6.10 Å². The number of H-pyrrole nitrogens is 1. The predicted molar refractivity (Wildman–Crippen MR) is 73.2 cm³/mol. The lowest BCUT2D eigenvalue weighted by Gasteiger charge is -2.28. The molecule has 2 fully saturated rings. The zero-order chi connectivity index (χ0) is 13.2. The minimum atomic E-state index is 0.288. The van der Waals surface area contributed by atoms with E-state index in [4.69, 9.17) is 10.5 Å². The highest BCUT2D eigenvalue weighted by Crippen LogP contribution is 2.31.